The van der Waals surface area contributed by atoms with Crippen molar-refractivity contribution in [1.29, 1.82) is 0 Å². The van der Waals surface area contributed by atoms with Crippen LogP contribution < -0.4 is 20.1 Å². The standard InChI is InChI=1S/C23H20F2N2O3.C20H15BrF2N2O3/c1-2-30-16-5-3-4-14(8-16)17-10-20(25)21(11-19(17)24)27-22-18(23(28)29)9-15(12-26-22)13-6-7-13;1-2-28-13-5-3-4-11(6-13)14-8-17(23)18(9-16(14)22)25-19-15(20(26)27)7-12(21)10-24-19/h3-5,8-13H,2,6-7H2,1H3,(H,26,27)(H,28,29);3-10H,2H2,1H3,(H,24,25)(H,26,27). The third kappa shape index (κ3) is 9.90. The Hall–Kier alpha value is -6.48. The fourth-order valence-corrected chi connectivity index (χ4v) is 6.24. The predicted molar refractivity (Wildman–Crippen MR) is 215 cm³/mol. The molecule has 0 bridgehead atoms. The summed E-state index contributed by atoms with van der Waals surface area (Å²) in [6.07, 6.45) is 4.93. The molecular formula is C43H35BrF4N4O6. The van der Waals surface area contributed by atoms with E-state index in [-0.39, 0.29) is 45.3 Å². The molecule has 2 aromatic heterocycles. The SMILES string of the molecule is CCOc1cccc(-c2cc(F)c(Nc3ncc(Br)cc3C(=O)O)cc2F)c1.CCOc1cccc(-c2cc(F)c(Nc3ncc(C4CC4)cc3C(=O)O)cc2F)c1. The Kier molecular flexibility index (Phi) is 12.9. The highest BCUT2D eigenvalue weighted by atomic mass is 79.9. The van der Waals surface area contributed by atoms with Crippen LogP contribution in [0.15, 0.2) is 102 Å². The molecule has 15 heteroatoms. The molecule has 1 fully saturated rings. The van der Waals surface area contributed by atoms with Crippen LogP contribution in [-0.2, 0) is 0 Å². The van der Waals surface area contributed by atoms with Crippen molar-refractivity contribution >= 4 is 50.9 Å². The van der Waals surface area contributed by atoms with Crippen LogP contribution in [0.3, 0.4) is 0 Å². The molecule has 0 saturated heterocycles. The lowest BCUT2D eigenvalue weighted by Gasteiger charge is -2.13. The van der Waals surface area contributed by atoms with Crippen LogP contribution in [0.4, 0.5) is 40.6 Å². The van der Waals surface area contributed by atoms with Gasteiger partial charge < -0.3 is 30.3 Å². The molecule has 1 aliphatic rings. The predicted octanol–water partition coefficient (Wildman–Crippen LogP) is 11.4. The molecule has 298 valence electrons. The van der Waals surface area contributed by atoms with Gasteiger partial charge in [-0.1, -0.05) is 24.3 Å². The molecule has 0 unspecified atom stereocenters. The van der Waals surface area contributed by atoms with Crippen molar-refractivity contribution in [2.24, 2.45) is 0 Å². The summed E-state index contributed by atoms with van der Waals surface area (Å²) >= 11 is 3.13. The summed E-state index contributed by atoms with van der Waals surface area (Å²) < 4.78 is 70.1. The number of hydrogen-bond donors (Lipinski definition) is 4. The van der Waals surface area contributed by atoms with E-state index < -0.39 is 35.2 Å². The average molecular weight is 860 g/mol. The lowest BCUT2D eigenvalue weighted by Crippen LogP contribution is -2.07. The summed E-state index contributed by atoms with van der Waals surface area (Å²) in [6.45, 7) is 4.58. The highest BCUT2D eigenvalue weighted by molar-refractivity contribution is 9.10. The van der Waals surface area contributed by atoms with Gasteiger partial charge in [0.1, 0.15) is 57.5 Å². The van der Waals surface area contributed by atoms with Crippen molar-refractivity contribution in [2.75, 3.05) is 23.8 Å². The maximum absolute atomic E-state index is 14.8. The van der Waals surface area contributed by atoms with E-state index in [1.165, 1.54) is 18.3 Å². The molecule has 6 aromatic rings. The van der Waals surface area contributed by atoms with Crippen molar-refractivity contribution < 1.29 is 46.8 Å². The van der Waals surface area contributed by atoms with E-state index in [4.69, 9.17) is 9.47 Å². The molecule has 1 saturated carbocycles. The first-order valence-corrected chi connectivity index (χ1v) is 18.7. The first kappa shape index (κ1) is 41.2. The molecule has 58 heavy (non-hydrogen) atoms. The fourth-order valence-electron chi connectivity index (χ4n) is 5.91. The second-order valence-corrected chi connectivity index (χ2v) is 13.8. The quantitative estimate of drug-likeness (QED) is 0.0829. The van der Waals surface area contributed by atoms with Gasteiger partial charge in [0.2, 0.25) is 0 Å². The van der Waals surface area contributed by atoms with Crippen molar-refractivity contribution in [3.05, 3.63) is 142 Å². The second kappa shape index (κ2) is 18.2. The molecule has 0 aliphatic heterocycles. The van der Waals surface area contributed by atoms with Crippen molar-refractivity contribution in [3.8, 4) is 33.8 Å². The minimum Gasteiger partial charge on any atom is -0.494 e. The van der Waals surface area contributed by atoms with E-state index in [0.717, 1.165) is 42.7 Å². The van der Waals surface area contributed by atoms with Crippen LogP contribution in [0.2, 0.25) is 0 Å². The summed E-state index contributed by atoms with van der Waals surface area (Å²) in [6, 6.07) is 20.4. The Morgan fingerprint density at radius 3 is 1.59 bits per heavy atom. The number of halogens is 5. The monoisotopic (exact) mass is 858 g/mol. The van der Waals surface area contributed by atoms with Crippen molar-refractivity contribution in [1.82, 2.24) is 9.97 Å². The number of carboxylic acids is 2. The van der Waals surface area contributed by atoms with Crippen molar-refractivity contribution in [3.63, 3.8) is 0 Å². The molecule has 0 atom stereocenters. The smallest absolute Gasteiger partial charge is 0.339 e. The Labute approximate surface area is 338 Å². The van der Waals surface area contributed by atoms with Crippen LogP contribution in [-0.4, -0.2) is 45.3 Å². The number of rotatable bonds is 13. The number of nitrogens with zero attached hydrogens (tertiary/aromatic N) is 2. The largest absolute Gasteiger partial charge is 0.494 e. The number of aromatic carboxylic acids is 2. The van der Waals surface area contributed by atoms with E-state index in [9.17, 15) is 37.4 Å². The number of ether oxygens (including phenoxy) is 2. The lowest BCUT2D eigenvalue weighted by molar-refractivity contribution is 0.0686. The van der Waals surface area contributed by atoms with Gasteiger partial charge in [0.15, 0.2) is 0 Å². The average Bonchev–Trinajstić information content (AvgIpc) is 4.05. The minimum atomic E-state index is -1.25. The van der Waals surface area contributed by atoms with Gasteiger partial charge in [-0.25, -0.2) is 37.1 Å². The third-order valence-corrected chi connectivity index (χ3v) is 9.24. The summed E-state index contributed by atoms with van der Waals surface area (Å²) in [5.74, 6) is -3.93. The number of aromatic nitrogens is 2. The number of pyridine rings is 2. The summed E-state index contributed by atoms with van der Waals surface area (Å²) in [7, 11) is 0. The van der Waals surface area contributed by atoms with Gasteiger partial charge in [0.05, 0.1) is 24.6 Å². The summed E-state index contributed by atoms with van der Waals surface area (Å²) in [4.78, 5) is 31.1. The van der Waals surface area contributed by atoms with E-state index in [0.29, 0.717) is 46.2 Å². The Morgan fingerprint density at radius 1 is 0.672 bits per heavy atom. The van der Waals surface area contributed by atoms with Crippen LogP contribution in [0.1, 0.15) is 58.9 Å². The third-order valence-electron chi connectivity index (χ3n) is 8.80. The molecule has 0 radical (unpaired) electrons. The second-order valence-electron chi connectivity index (χ2n) is 12.9. The summed E-state index contributed by atoms with van der Waals surface area (Å²) in [5, 5.41) is 23.9. The number of benzene rings is 4. The number of nitrogens with one attached hydrogen (secondary N) is 2. The van der Waals surface area contributed by atoms with Gasteiger partial charge in [-0.05, 0) is 114 Å². The molecule has 0 amide bonds. The first-order valence-electron chi connectivity index (χ1n) is 18.0. The lowest BCUT2D eigenvalue weighted by atomic mass is 10.0. The number of carboxylic acid groups (broad SMARTS) is 2. The van der Waals surface area contributed by atoms with Gasteiger partial charge in [-0.2, -0.15) is 0 Å². The number of anilines is 4. The van der Waals surface area contributed by atoms with Gasteiger partial charge in [0, 0.05) is 40.1 Å². The Morgan fingerprint density at radius 2 is 1.14 bits per heavy atom. The Balaban J connectivity index is 0.000000196. The molecule has 7 rings (SSSR count). The normalized spacial score (nSPS) is 11.9. The van der Waals surface area contributed by atoms with E-state index in [2.05, 4.69) is 36.5 Å². The van der Waals surface area contributed by atoms with E-state index >= 15 is 0 Å². The van der Waals surface area contributed by atoms with Crippen LogP contribution in [0, 0.1) is 23.3 Å². The van der Waals surface area contributed by atoms with Crippen LogP contribution in [0.5, 0.6) is 11.5 Å². The zero-order chi connectivity index (χ0) is 41.5. The summed E-state index contributed by atoms with van der Waals surface area (Å²) in [5.41, 5.74) is 1.25. The molecular weight excluding hydrogens is 824 g/mol. The highest BCUT2D eigenvalue weighted by Gasteiger charge is 2.26. The molecule has 10 nitrogen and oxygen atoms in total. The zero-order valence-corrected chi connectivity index (χ0v) is 32.5. The molecule has 4 aromatic carbocycles. The molecule has 2 heterocycles. The molecule has 0 spiro atoms. The zero-order valence-electron chi connectivity index (χ0n) is 31.0. The van der Waals surface area contributed by atoms with E-state index in [1.54, 1.807) is 54.7 Å². The topological polar surface area (TPSA) is 143 Å². The van der Waals surface area contributed by atoms with Gasteiger partial charge >= 0.3 is 11.9 Å². The van der Waals surface area contributed by atoms with Gasteiger partial charge in [-0.15, -0.1) is 0 Å². The maximum Gasteiger partial charge on any atom is 0.339 e. The first-order chi connectivity index (χ1) is 27.8. The van der Waals surface area contributed by atoms with Crippen LogP contribution >= 0.6 is 15.9 Å². The van der Waals surface area contributed by atoms with Gasteiger partial charge in [-0.3, -0.25) is 0 Å². The van der Waals surface area contributed by atoms with Crippen LogP contribution in [0.25, 0.3) is 22.3 Å². The van der Waals surface area contributed by atoms with Gasteiger partial charge in [0.25, 0.3) is 0 Å². The van der Waals surface area contributed by atoms with Crippen molar-refractivity contribution in [2.45, 2.75) is 32.6 Å². The fraction of sp³-hybridized carbons (Fsp3) is 0.163. The van der Waals surface area contributed by atoms with E-state index in [1.807, 2.05) is 13.8 Å². The highest BCUT2D eigenvalue weighted by Crippen LogP contribution is 2.41. The Bertz CT molecular complexity index is 2500. The molecule has 1 aliphatic carbocycles. The maximum atomic E-state index is 14.8. The number of hydrogen-bond acceptors (Lipinski definition) is 8. The minimum absolute atomic E-state index is 0.0312. The molecule has 4 N–H and O–H groups in total. The number of carbonyl (C=O) groups is 2.